The lowest BCUT2D eigenvalue weighted by molar-refractivity contribution is -0.123. The third kappa shape index (κ3) is 10.6. The topological polar surface area (TPSA) is 107 Å². The van der Waals surface area contributed by atoms with Crippen molar-refractivity contribution in [3.05, 3.63) is 23.8 Å². The van der Waals surface area contributed by atoms with E-state index in [-0.39, 0.29) is 29.8 Å². The van der Waals surface area contributed by atoms with Gasteiger partial charge in [0.15, 0.2) is 11.5 Å². The number of hydrogen-bond acceptors (Lipinski definition) is 7. The van der Waals surface area contributed by atoms with Crippen molar-refractivity contribution in [2.24, 2.45) is 11.8 Å². The minimum atomic E-state index is -0.632. The van der Waals surface area contributed by atoms with Gasteiger partial charge in [0.2, 0.25) is 5.91 Å². The minimum Gasteiger partial charge on any atom is -0.493 e. The van der Waals surface area contributed by atoms with Crippen molar-refractivity contribution in [1.29, 1.82) is 0 Å². The van der Waals surface area contributed by atoms with Crippen LogP contribution in [-0.4, -0.2) is 92.5 Å². The number of hydrogen-bond donors (Lipinski definition) is 1. The molecule has 1 aliphatic carbocycles. The summed E-state index contributed by atoms with van der Waals surface area (Å²) in [5.41, 5.74) is -0.150. The second-order valence-corrected chi connectivity index (χ2v) is 13.1. The lowest BCUT2D eigenvalue weighted by Gasteiger charge is -2.32. The van der Waals surface area contributed by atoms with Gasteiger partial charge >= 0.3 is 6.09 Å². The summed E-state index contributed by atoms with van der Waals surface area (Å²) in [7, 11) is 3.21. The number of nitrogens with one attached hydrogen (secondary N) is 1. The van der Waals surface area contributed by atoms with Crippen LogP contribution in [0.3, 0.4) is 0 Å². The van der Waals surface area contributed by atoms with Crippen LogP contribution in [0.25, 0.3) is 0 Å². The van der Waals surface area contributed by atoms with Crippen LogP contribution in [0.5, 0.6) is 11.5 Å². The molecule has 43 heavy (non-hydrogen) atoms. The third-order valence-electron chi connectivity index (χ3n) is 8.11. The highest BCUT2D eigenvalue weighted by molar-refractivity contribution is 5.95. The van der Waals surface area contributed by atoms with Gasteiger partial charge in [-0.25, -0.2) is 4.79 Å². The van der Waals surface area contributed by atoms with E-state index in [0.29, 0.717) is 68.7 Å². The zero-order valence-corrected chi connectivity index (χ0v) is 27.3. The molecule has 1 aliphatic heterocycles. The summed E-state index contributed by atoms with van der Waals surface area (Å²) in [4.78, 5) is 43.6. The predicted octanol–water partition coefficient (Wildman–Crippen LogP) is 5.28. The Morgan fingerprint density at radius 2 is 1.74 bits per heavy atom. The van der Waals surface area contributed by atoms with Crippen LogP contribution < -0.4 is 14.8 Å². The molecule has 0 radical (unpaired) electrons. The number of amides is 3. The first-order chi connectivity index (χ1) is 20.4. The van der Waals surface area contributed by atoms with E-state index in [1.165, 1.54) is 19.3 Å². The molecule has 10 nitrogen and oxygen atoms in total. The highest BCUT2D eigenvalue weighted by Gasteiger charge is 2.40. The molecule has 10 heteroatoms. The summed E-state index contributed by atoms with van der Waals surface area (Å²) in [5, 5.41) is 3.23. The lowest BCUT2D eigenvalue weighted by Crippen LogP contribution is -2.47. The number of likely N-dealkylation sites (tertiary alicyclic amines) is 1. The molecule has 1 N–H and O–H groups in total. The average Bonchev–Trinajstić information content (AvgIpc) is 3.35. The third-order valence-corrected chi connectivity index (χ3v) is 8.11. The Morgan fingerprint density at radius 3 is 2.37 bits per heavy atom. The lowest BCUT2D eigenvalue weighted by atomic mass is 9.86. The highest BCUT2D eigenvalue weighted by Crippen LogP contribution is 2.30. The van der Waals surface area contributed by atoms with Crippen molar-refractivity contribution in [1.82, 2.24) is 15.1 Å². The number of carbonyl (C=O) groups excluding carboxylic acids is 3. The number of methoxy groups -OCH3 is 2. The Labute approximate surface area is 257 Å². The molecular weight excluding hydrogens is 550 g/mol. The molecule has 1 saturated heterocycles. The number of rotatable bonds is 13. The fraction of sp³-hybridized carbons (Fsp3) is 0.727. The highest BCUT2D eigenvalue weighted by atomic mass is 16.6. The van der Waals surface area contributed by atoms with E-state index >= 15 is 0 Å². The maximum Gasteiger partial charge on any atom is 0.410 e. The molecule has 1 saturated carbocycles. The van der Waals surface area contributed by atoms with Crippen LogP contribution in [0.4, 0.5) is 4.79 Å². The molecule has 0 aromatic heterocycles. The quantitative estimate of drug-likeness (QED) is 0.306. The smallest absolute Gasteiger partial charge is 0.410 e. The van der Waals surface area contributed by atoms with Gasteiger partial charge in [0, 0.05) is 63.7 Å². The van der Waals surface area contributed by atoms with Gasteiger partial charge in [-0.3, -0.25) is 9.59 Å². The number of carbonyl (C=O) groups is 3. The first-order valence-corrected chi connectivity index (χ1v) is 15.8. The Hall–Kier alpha value is -3.01. The zero-order valence-electron chi connectivity index (χ0n) is 27.3. The summed E-state index contributed by atoms with van der Waals surface area (Å²) in [6.45, 7) is 11.6. The van der Waals surface area contributed by atoms with Crippen molar-refractivity contribution in [3.63, 3.8) is 0 Å². The summed E-state index contributed by atoms with van der Waals surface area (Å²) >= 11 is 0. The van der Waals surface area contributed by atoms with Crippen molar-refractivity contribution < 1.29 is 33.3 Å². The van der Waals surface area contributed by atoms with Crippen LogP contribution in [-0.2, 0) is 14.3 Å². The van der Waals surface area contributed by atoms with Crippen molar-refractivity contribution in [2.45, 2.75) is 97.2 Å². The van der Waals surface area contributed by atoms with E-state index in [1.807, 2.05) is 34.6 Å². The maximum absolute atomic E-state index is 13.9. The van der Waals surface area contributed by atoms with Crippen LogP contribution in [0, 0.1) is 11.8 Å². The van der Waals surface area contributed by atoms with E-state index in [2.05, 4.69) is 5.32 Å². The van der Waals surface area contributed by atoms with Gasteiger partial charge in [-0.2, -0.15) is 0 Å². The molecule has 242 valence electrons. The largest absolute Gasteiger partial charge is 0.493 e. The Balaban J connectivity index is 1.78. The monoisotopic (exact) mass is 603 g/mol. The average molecular weight is 604 g/mol. The first-order valence-electron chi connectivity index (χ1n) is 15.8. The molecule has 0 bridgehead atoms. The summed E-state index contributed by atoms with van der Waals surface area (Å²) in [6.07, 6.45) is 6.56. The van der Waals surface area contributed by atoms with E-state index in [4.69, 9.17) is 18.9 Å². The van der Waals surface area contributed by atoms with Crippen LogP contribution in [0.15, 0.2) is 18.2 Å². The molecule has 1 heterocycles. The minimum absolute atomic E-state index is 0.0146. The molecule has 0 unspecified atom stereocenters. The molecule has 1 aromatic carbocycles. The molecule has 2 aliphatic rings. The van der Waals surface area contributed by atoms with Gasteiger partial charge in [0.25, 0.3) is 5.91 Å². The van der Waals surface area contributed by atoms with Crippen LogP contribution >= 0.6 is 0 Å². The molecule has 3 amide bonds. The van der Waals surface area contributed by atoms with Crippen molar-refractivity contribution >= 4 is 17.9 Å². The van der Waals surface area contributed by atoms with Gasteiger partial charge in [-0.05, 0) is 71.6 Å². The Kier molecular flexibility index (Phi) is 13.0. The van der Waals surface area contributed by atoms with E-state index < -0.39 is 11.7 Å². The Bertz CT molecular complexity index is 1070. The molecule has 3 rings (SSSR count). The van der Waals surface area contributed by atoms with Gasteiger partial charge < -0.3 is 34.1 Å². The normalized spacial score (nSPS) is 19.3. The number of benzene rings is 1. The fourth-order valence-electron chi connectivity index (χ4n) is 5.87. The standard InChI is InChI=1S/C33H53N3O7/c1-23(2)36(31(38)25-14-15-28(41-7)29(19-25)42-17-11-16-40-6)21-26-20-35(32(39)43-33(3,4)5)22-27(26)34-30(37)18-24-12-9-8-10-13-24/h14-15,19,23-24,26-27H,8-13,16-18,20-22H2,1-7H3,(H,34,37)/t26-,27+/m0/s1. The zero-order chi connectivity index (χ0) is 31.6. The molecule has 2 fully saturated rings. The van der Waals surface area contributed by atoms with E-state index in [0.717, 1.165) is 12.8 Å². The van der Waals surface area contributed by atoms with E-state index in [9.17, 15) is 14.4 Å². The summed E-state index contributed by atoms with van der Waals surface area (Å²) in [5.74, 6) is 1.17. The van der Waals surface area contributed by atoms with Crippen LogP contribution in [0.1, 0.15) is 89.9 Å². The first kappa shape index (κ1) is 34.5. The summed E-state index contributed by atoms with van der Waals surface area (Å²) < 4.78 is 22.1. The van der Waals surface area contributed by atoms with Crippen molar-refractivity contribution in [3.8, 4) is 11.5 Å². The molecule has 0 spiro atoms. The number of ether oxygens (including phenoxy) is 4. The van der Waals surface area contributed by atoms with Gasteiger partial charge in [-0.15, -0.1) is 0 Å². The molecular formula is C33H53N3O7. The van der Waals surface area contributed by atoms with Crippen LogP contribution in [0.2, 0.25) is 0 Å². The SMILES string of the molecule is COCCCOc1cc(C(=O)N(C[C@@H]2CN(C(=O)OC(C)(C)C)C[C@H]2NC(=O)CC2CCCCC2)C(C)C)ccc1OC. The molecule has 2 atom stereocenters. The predicted molar refractivity (Wildman–Crippen MR) is 166 cm³/mol. The number of nitrogens with zero attached hydrogens (tertiary/aromatic N) is 2. The Morgan fingerprint density at radius 1 is 1.02 bits per heavy atom. The fourth-order valence-corrected chi connectivity index (χ4v) is 5.87. The van der Waals surface area contributed by atoms with Gasteiger partial charge in [-0.1, -0.05) is 19.3 Å². The second-order valence-electron chi connectivity index (χ2n) is 13.1. The molecule has 1 aromatic rings. The summed E-state index contributed by atoms with van der Waals surface area (Å²) in [6, 6.07) is 4.80. The van der Waals surface area contributed by atoms with Gasteiger partial charge in [0.05, 0.1) is 19.8 Å². The van der Waals surface area contributed by atoms with E-state index in [1.54, 1.807) is 42.2 Å². The maximum atomic E-state index is 13.9. The van der Waals surface area contributed by atoms with Crippen molar-refractivity contribution in [2.75, 3.05) is 47.1 Å². The second kappa shape index (κ2) is 16.2. The van der Waals surface area contributed by atoms with Gasteiger partial charge in [0.1, 0.15) is 5.60 Å².